The molecular weight excluding hydrogens is 246 g/mol. The molecule has 0 fully saturated rings. The van der Waals surface area contributed by atoms with Gasteiger partial charge in [-0.25, -0.2) is 0 Å². The van der Waals surface area contributed by atoms with E-state index < -0.39 is 0 Å². The van der Waals surface area contributed by atoms with Crippen LogP contribution in [0.1, 0.15) is 12.7 Å². The normalized spacial score (nSPS) is 10.0. The lowest BCUT2D eigenvalue weighted by molar-refractivity contribution is 0.248. The van der Waals surface area contributed by atoms with Crippen LogP contribution in [0.2, 0.25) is 0 Å². The van der Waals surface area contributed by atoms with Gasteiger partial charge in [-0.3, -0.25) is 0 Å². The molecule has 1 aromatic heterocycles. The molecule has 0 atom stereocenters. The third-order valence-electron chi connectivity index (χ3n) is 2.51. The maximum atomic E-state index is 8.97. The van der Waals surface area contributed by atoms with Crippen molar-refractivity contribution < 1.29 is 14.3 Å². The van der Waals surface area contributed by atoms with Crippen molar-refractivity contribution in [3.8, 4) is 17.1 Å². The van der Waals surface area contributed by atoms with Gasteiger partial charge in [0, 0.05) is 10.5 Å². The van der Waals surface area contributed by atoms with Crippen molar-refractivity contribution in [2.24, 2.45) is 5.11 Å². The van der Waals surface area contributed by atoms with Gasteiger partial charge >= 0.3 is 0 Å². The zero-order valence-corrected chi connectivity index (χ0v) is 10.4. The van der Waals surface area contributed by atoms with Crippen LogP contribution in [0.15, 0.2) is 39.9 Å². The minimum Gasteiger partial charge on any atom is -0.493 e. The summed E-state index contributed by atoms with van der Waals surface area (Å²) in [5, 5.41) is 12.6. The Kier molecular flexibility index (Phi) is 4.07. The largest absolute Gasteiger partial charge is 0.493 e. The molecule has 0 bridgehead atoms. The molecule has 0 amide bonds. The van der Waals surface area contributed by atoms with Gasteiger partial charge in [0.15, 0.2) is 0 Å². The zero-order valence-electron chi connectivity index (χ0n) is 10.4. The van der Waals surface area contributed by atoms with Gasteiger partial charge < -0.3 is 14.3 Å². The molecular formula is C13H13N3O3. The van der Waals surface area contributed by atoms with E-state index in [1.165, 1.54) is 0 Å². The maximum Gasteiger partial charge on any atom is 0.134 e. The SMILES string of the molecule is CCOc1ccc(-c2ccc(CO)o2)cc1N=[N+]=[N-]. The van der Waals surface area contributed by atoms with Crippen LogP contribution in [-0.2, 0) is 6.61 Å². The molecule has 0 saturated carbocycles. The van der Waals surface area contributed by atoms with Crippen molar-refractivity contribution in [2.75, 3.05) is 6.61 Å². The molecule has 2 aromatic rings. The molecule has 1 heterocycles. The third kappa shape index (κ3) is 2.88. The number of ether oxygens (including phenoxy) is 1. The quantitative estimate of drug-likeness (QED) is 0.503. The molecule has 98 valence electrons. The molecule has 0 aliphatic rings. The molecule has 6 heteroatoms. The molecule has 6 nitrogen and oxygen atoms in total. The molecule has 0 saturated heterocycles. The van der Waals surface area contributed by atoms with Gasteiger partial charge in [0.1, 0.15) is 23.9 Å². The fourth-order valence-electron chi connectivity index (χ4n) is 1.69. The van der Waals surface area contributed by atoms with Gasteiger partial charge in [-0.05, 0) is 42.8 Å². The summed E-state index contributed by atoms with van der Waals surface area (Å²) in [7, 11) is 0. The Morgan fingerprint density at radius 1 is 1.37 bits per heavy atom. The first-order chi connectivity index (χ1) is 9.28. The highest BCUT2D eigenvalue weighted by Crippen LogP contribution is 2.33. The second-order valence-corrected chi connectivity index (χ2v) is 3.73. The van der Waals surface area contributed by atoms with E-state index >= 15 is 0 Å². The van der Waals surface area contributed by atoms with Crippen molar-refractivity contribution in [3.05, 3.63) is 46.5 Å². The number of furan rings is 1. The number of aliphatic hydroxyl groups is 1. The zero-order chi connectivity index (χ0) is 13.7. The Labute approximate surface area is 109 Å². The lowest BCUT2D eigenvalue weighted by atomic mass is 10.1. The number of azide groups is 1. The molecule has 0 spiro atoms. The predicted molar refractivity (Wildman–Crippen MR) is 70.0 cm³/mol. The number of hydrogen-bond donors (Lipinski definition) is 1. The first-order valence-electron chi connectivity index (χ1n) is 5.80. The number of aliphatic hydroxyl groups excluding tert-OH is 1. The van der Waals surface area contributed by atoms with Crippen LogP contribution < -0.4 is 4.74 Å². The number of rotatable bonds is 5. The summed E-state index contributed by atoms with van der Waals surface area (Å²) in [6.07, 6.45) is 0. The van der Waals surface area contributed by atoms with Crippen molar-refractivity contribution in [1.29, 1.82) is 0 Å². The molecule has 1 N–H and O–H groups in total. The van der Waals surface area contributed by atoms with Crippen molar-refractivity contribution in [1.82, 2.24) is 0 Å². The van der Waals surface area contributed by atoms with Crippen LogP contribution >= 0.6 is 0 Å². The molecule has 1 aromatic carbocycles. The standard InChI is InChI=1S/C13H13N3O3/c1-2-18-13-5-3-9(7-11(13)15-16-14)12-6-4-10(8-17)19-12/h3-7,17H,2,8H2,1H3. The predicted octanol–water partition coefficient (Wildman–Crippen LogP) is 3.78. The maximum absolute atomic E-state index is 8.97. The molecule has 2 rings (SSSR count). The fraction of sp³-hybridized carbons (Fsp3) is 0.231. The summed E-state index contributed by atoms with van der Waals surface area (Å²) in [5.74, 6) is 1.61. The van der Waals surface area contributed by atoms with E-state index in [1.54, 1.807) is 30.3 Å². The third-order valence-corrected chi connectivity index (χ3v) is 2.51. The van der Waals surface area contributed by atoms with E-state index in [-0.39, 0.29) is 6.61 Å². The van der Waals surface area contributed by atoms with Crippen LogP contribution in [0.25, 0.3) is 21.8 Å². The van der Waals surface area contributed by atoms with Crippen LogP contribution in [0.4, 0.5) is 5.69 Å². The van der Waals surface area contributed by atoms with E-state index in [4.69, 9.17) is 19.8 Å². The van der Waals surface area contributed by atoms with E-state index in [1.807, 2.05) is 6.92 Å². The van der Waals surface area contributed by atoms with E-state index in [0.717, 1.165) is 5.56 Å². The highest BCUT2D eigenvalue weighted by atomic mass is 16.5. The summed E-state index contributed by atoms with van der Waals surface area (Å²) in [6.45, 7) is 2.19. The Bertz CT molecular complexity index is 615. The van der Waals surface area contributed by atoms with E-state index in [0.29, 0.717) is 29.6 Å². The van der Waals surface area contributed by atoms with Crippen molar-refractivity contribution >= 4 is 5.69 Å². The minimum atomic E-state index is -0.153. The van der Waals surface area contributed by atoms with Gasteiger partial charge in [-0.2, -0.15) is 0 Å². The van der Waals surface area contributed by atoms with Crippen LogP contribution in [0.3, 0.4) is 0 Å². The summed E-state index contributed by atoms with van der Waals surface area (Å²) >= 11 is 0. The Hall–Kier alpha value is -2.43. The monoisotopic (exact) mass is 259 g/mol. The van der Waals surface area contributed by atoms with Crippen LogP contribution in [0.5, 0.6) is 5.75 Å². The molecule has 19 heavy (non-hydrogen) atoms. The van der Waals surface area contributed by atoms with Crippen molar-refractivity contribution in [2.45, 2.75) is 13.5 Å². The first kappa shape index (κ1) is 13.0. The Morgan fingerprint density at radius 3 is 2.84 bits per heavy atom. The summed E-state index contributed by atoms with van der Waals surface area (Å²) < 4.78 is 10.8. The van der Waals surface area contributed by atoms with Crippen LogP contribution in [-0.4, -0.2) is 11.7 Å². The molecule has 0 aliphatic heterocycles. The highest BCUT2D eigenvalue weighted by Gasteiger charge is 2.08. The first-order valence-corrected chi connectivity index (χ1v) is 5.80. The number of benzene rings is 1. The summed E-state index contributed by atoms with van der Waals surface area (Å²) in [5.41, 5.74) is 9.72. The molecule has 0 aliphatic carbocycles. The van der Waals surface area contributed by atoms with Gasteiger partial charge in [0.25, 0.3) is 0 Å². The number of hydrogen-bond acceptors (Lipinski definition) is 4. The smallest absolute Gasteiger partial charge is 0.134 e. The minimum absolute atomic E-state index is 0.153. The Morgan fingerprint density at radius 2 is 2.21 bits per heavy atom. The van der Waals surface area contributed by atoms with Gasteiger partial charge in [0.2, 0.25) is 0 Å². The average molecular weight is 259 g/mol. The fourth-order valence-corrected chi connectivity index (χ4v) is 1.69. The molecule has 0 radical (unpaired) electrons. The second kappa shape index (κ2) is 5.95. The number of nitrogens with zero attached hydrogens (tertiary/aromatic N) is 3. The lowest BCUT2D eigenvalue weighted by Gasteiger charge is -2.07. The van der Waals surface area contributed by atoms with Gasteiger partial charge in [0.05, 0.1) is 12.3 Å². The lowest BCUT2D eigenvalue weighted by Crippen LogP contribution is -1.91. The van der Waals surface area contributed by atoms with Gasteiger partial charge in [-0.15, -0.1) is 0 Å². The topological polar surface area (TPSA) is 91.4 Å². The highest BCUT2D eigenvalue weighted by molar-refractivity contribution is 5.67. The second-order valence-electron chi connectivity index (χ2n) is 3.73. The van der Waals surface area contributed by atoms with Gasteiger partial charge in [-0.1, -0.05) is 5.11 Å². The summed E-state index contributed by atoms with van der Waals surface area (Å²) in [4.78, 5) is 2.78. The van der Waals surface area contributed by atoms with Crippen LogP contribution in [0, 0.1) is 0 Å². The van der Waals surface area contributed by atoms with E-state index in [9.17, 15) is 0 Å². The Balaban J connectivity index is 2.42. The van der Waals surface area contributed by atoms with Crippen molar-refractivity contribution in [3.63, 3.8) is 0 Å². The summed E-state index contributed by atoms with van der Waals surface area (Å²) in [6, 6.07) is 8.66. The average Bonchev–Trinajstić information content (AvgIpc) is 2.90. The van der Waals surface area contributed by atoms with E-state index in [2.05, 4.69) is 10.0 Å². The molecule has 0 unspecified atom stereocenters.